The maximum absolute atomic E-state index is 13.4. The number of amides is 1. The van der Waals surface area contributed by atoms with Crippen molar-refractivity contribution in [1.29, 1.82) is 0 Å². The molecule has 0 aliphatic rings. The van der Waals surface area contributed by atoms with Gasteiger partial charge in [0.15, 0.2) is 0 Å². The summed E-state index contributed by atoms with van der Waals surface area (Å²) in [7, 11) is 0. The molecule has 10 nitrogen and oxygen atoms in total. The summed E-state index contributed by atoms with van der Waals surface area (Å²) in [6.07, 6.45) is 0.764. The number of hydrogen-bond donors (Lipinski definition) is 5. The molecule has 0 aliphatic carbocycles. The molecule has 3 rings (SSSR count). The van der Waals surface area contributed by atoms with Gasteiger partial charge in [0, 0.05) is 47.7 Å². The third-order valence-electron chi connectivity index (χ3n) is 5.60. The lowest BCUT2D eigenvalue weighted by molar-refractivity contribution is 0.0950. The molecule has 1 atom stereocenters. The molecule has 0 bridgehead atoms. The number of nitrogens with one attached hydrogen (secondary N) is 2. The van der Waals surface area contributed by atoms with Gasteiger partial charge in [0.1, 0.15) is 24.3 Å². The molecule has 3 aromatic rings. The summed E-state index contributed by atoms with van der Waals surface area (Å²) in [6, 6.07) is 10.5. The number of nitrogen functional groups attached to an aromatic ring is 1. The molecule has 2 heterocycles. The Bertz CT molecular complexity index is 1350. The second-order valence-corrected chi connectivity index (χ2v) is 9.08. The van der Waals surface area contributed by atoms with Crippen LogP contribution in [-0.4, -0.2) is 52.5 Å². The molecule has 10 heteroatoms. The number of H-pyrrole nitrogens is 1. The third kappa shape index (κ3) is 7.25. The molecular formula is C27H34N6O4. The van der Waals surface area contributed by atoms with Crippen LogP contribution in [0.5, 0.6) is 5.75 Å². The molecule has 0 fully saturated rings. The minimum absolute atomic E-state index is 0.0125. The van der Waals surface area contributed by atoms with E-state index in [1.807, 2.05) is 32.9 Å². The minimum Gasteiger partial charge on any atom is -0.491 e. The molecule has 1 aromatic carbocycles. The number of hydrogen-bond acceptors (Lipinski definition) is 8. The predicted molar refractivity (Wildman–Crippen MR) is 145 cm³/mol. The summed E-state index contributed by atoms with van der Waals surface area (Å²) in [6.45, 7) is 7.63. The predicted octanol–water partition coefficient (Wildman–Crippen LogP) is 2.09. The molecule has 0 radical (unpaired) electrons. The van der Waals surface area contributed by atoms with E-state index in [9.17, 15) is 14.7 Å². The van der Waals surface area contributed by atoms with Crippen LogP contribution in [0.4, 0.5) is 5.82 Å². The van der Waals surface area contributed by atoms with E-state index in [-0.39, 0.29) is 42.7 Å². The summed E-state index contributed by atoms with van der Waals surface area (Å²) < 4.78 is 5.61. The van der Waals surface area contributed by atoms with Crippen molar-refractivity contribution in [2.24, 2.45) is 10.7 Å². The van der Waals surface area contributed by atoms with Gasteiger partial charge in [-0.2, -0.15) is 0 Å². The summed E-state index contributed by atoms with van der Waals surface area (Å²) in [5.41, 5.74) is 15.3. The van der Waals surface area contributed by atoms with Crippen molar-refractivity contribution < 1.29 is 14.6 Å². The van der Waals surface area contributed by atoms with Crippen molar-refractivity contribution in [3.05, 3.63) is 74.7 Å². The highest BCUT2D eigenvalue weighted by atomic mass is 16.5. The Morgan fingerprint density at radius 1 is 1.27 bits per heavy atom. The first-order valence-corrected chi connectivity index (χ1v) is 12.0. The van der Waals surface area contributed by atoms with Crippen LogP contribution in [0.2, 0.25) is 0 Å². The Morgan fingerprint density at radius 2 is 2.03 bits per heavy atom. The first-order chi connectivity index (χ1) is 17.6. The topological polar surface area (TPSA) is 169 Å². The van der Waals surface area contributed by atoms with Crippen molar-refractivity contribution in [2.45, 2.75) is 46.4 Å². The normalized spacial score (nSPS) is 12.2. The largest absolute Gasteiger partial charge is 0.491 e. The molecular weight excluding hydrogens is 472 g/mol. The van der Waals surface area contributed by atoms with Crippen LogP contribution in [0.3, 0.4) is 0 Å². The Kier molecular flexibility index (Phi) is 9.15. The molecule has 1 unspecified atom stereocenters. The number of aromatic nitrogens is 2. The third-order valence-corrected chi connectivity index (χ3v) is 5.60. The van der Waals surface area contributed by atoms with Crippen LogP contribution >= 0.6 is 0 Å². The van der Waals surface area contributed by atoms with E-state index in [1.165, 1.54) is 0 Å². The number of nitrogens with zero attached hydrogens (tertiary/aromatic N) is 2. The zero-order valence-corrected chi connectivity index (χ0v) is 21.5. The number of pyridine rings is 2. The van der Waals surface area contributed by atoms with E-state index in [0.29, 0.717) is 28.1 Å². The molecule has 37 heavy (non-hydrogen) atoms. The molecule has 0 saturated carbocycles. The van der Waals surface area contributed by atoms with Gasteiger partial charge < -0.3 is 31.6 Å². The fourth-order valence-electron chi connectivity index (χ4n) is 3.64. The number of aromatic amines is 1. The number of rotatable bonds is 10. The molecule has 0 aliphatic heterocycles. The second-order valence-electron chi connectivity index (χ2n) is 9.08. The van der Waals surface area contributed by atoms with Crippen LogP contribution in [0.25, 0.3) is 11.3 Å². The summed E-state index contributed by atoms with van der Waals surface area (Å²) in [4.78, 5) is 37.4. The SMILES string of the molecule is Cc1cc(C)c(CNC(=O)c2cc(-c3cccc(OCC(O)CN)c3)nc(N)c2C=NC(C)C)c(=O)[nH]1. The highest BCUT2D eigenvalue weighted by Gasteiger charge is 2.18. The molecule has 0 saturated heterocycles. The maximum atomic E-state index is 13.4. The van der Waals surface area contributed by atoms with Crippen molar-refractivity contribution in [3.8, 4) is 17.0 Å². The Labute approximate surface area is 215 Å². The van der Waals surface area contributed by atoms with Gasteiger partial charge >= 0.3 is 0 Å². The molecule has 1 amide bonds. The Hall–Kier alpha value is -4.02. The number of aliphatic hydroxyl groups is 1. The van der Waals surface area contributed by atoms with Gasteiger partial charge in [0.05, 0.1) is 11.3 Å². The van der Waals surface area contributed by atoms with Gasteiger partial charge in [-0.15, -0.1) is 0 Å². The molecule has 7 N–H and O–H groups in total. The zero-order chi connectivity index (χ0) is 27.1. The number of benzene rings is 1. The van der Waals surface area contributed by atoms with Gasteiger partial charge in [-0.05, 0) is 57.5 Å². The lowest BCUT2D eigenvalue weighted by atomic mass is 10.0. The number of ether oxygens (including phenoxy) is 1. The highest BCUT2D eigenvalue weighted by Crippen LogP contribution is 2.27. The Balaban J connectivity index is 1.97. The number of carbonyl (C=O) groups is 1. The van der Waals surface area contributed by atoms with Crippen LogP contribution in [0.1, 0.15) is 46.6 Å². The first-order valence-electron chi connectivity index (χ1n) is 12.0. The van der Waals surface area contributed by atoms with E-state index in [2.05, 4.69) is 20.3 Å². The number of anilines is 1. The van der Waals surface area contributed by atoms with E-state index in [0.717, 1.165) is 11.3 Å². The lowest BCUT2D eigenvalue weighted by Crippen LogP contribution is -2.29. The van der Waals surface area contributed by atoms with E-state index in [1.54, 1.807) is 37.4 Å². The van der Waals surface area contributed by atoms with Gasteiger partial charge in [-0.1, -0.05) is 12.1 Å². The summed E-state index contributed by atoms with van der Waals surface area (Å²) in [5, 5.41) is 12.5. The number of aryl methyl sites for hydroxylation is 2. The van der Waals surface area contributed by atoms with Crippen molar-refractivity contribution in [2.75, 3.05) is 18.9 Å². The monoisotopic (exact) mass is 506 g/mol. The number of aliphatic imine (C=N–C) groups is 1. The second kappa shape index (κ2) is 12.3. The van der Waals surface area contributed by atoms with E-state index in [4.69, 9.17) is 16.2 Å². The van der Waals surface area contributed by atoms with Gasteiger partial charge in [-0.25, -0.2) is 4.98 Å². The summed E-state index contributed by atoms with van der Waals surface area (Å²) >= 11 is 0. The van der Waals surface area contributed by atoms with Gasteiger partial charge in [0.25, 0.3) is 11.5 Å². The van der Waals surface area contributed by atoms with E-state index < -0.39 is 12.0 Å². The standard InChI is InChI=1S/C27H34N6O4/c1-15(2)30-13-23-21(26(35)31-12-22-16(3)8-17(4)32-27(22)36)10-24(33-25(23)29)18-6-5-7-20(9-18)37-14-19(34)11-28/h5-10,13,15,19,34H,11-12,14,28H2,1-4H3,(H2,29,33)(H,31,35)(H,32,36). The molecule has 196 valence electrons. The van der Waals surface area contributed by atoms with Crippen LogP contribution in [0, 0.1) is 13.8 Å². The number of carbonyl (C=O) groups excluding carboxylic acids is 1. The number of nitrogens with two attached hydrogens (primary N) is 2. The van der Waals surface area contributed by atoms with Crippen LogP contribution in [-0.2, 0) is 6.54 Å². The molecule has 0 spiro atoms. The maximum Gasteiger partial charge on any atom is 0.253 e. The van der Waals surface area contributed by atoms with Crippen molar-refractivity contribution >= 4 is 17.9 Å². The number of aliphatic hydroxyl groups excluding tert-OH is 1. The van der Waals surface area contributed by atoms with Crippen LogP contribution < -0.4 is 27.1 Å². The average molecular weight is 507 g/mol. The summed E-state index contributed by atoms with van der Waals surface area (Å²) in [5.74, 6) is 0.232. The Morgan fingerprint density at radius 3 is 2.70 bits per heavy atom. The first kappa shape index (κ1) is 27.6. The van der Waals surface area contributed by atoms with Gasteiger partial charge in [0.2, 0.25) is 0 Å². The minimum atomic E-state index is -0.781. The molecule has 2 aromatic heterocycles. The van der Waals surface area contributed by atoms with Crippen molar-refractivity contribution in [3.63, 3.8) is 0 Å². The smallest absolute Gasteiger partial charge is 0.253 e. The fraction of sp³-hybridized carbons (Fsp3) is 0.333. The van der Waals surface area contributed by atoms with Crippen LogP contribution in [0.15, 0.2) is 46.2 Å². The van der Waals surface area contributed by atoms with E-state index >= 15 is 0 Å². The highest BCUT2D eigenvalue weighted by molar-refractivity contribution is 6.05. The average Bonchev–Trinajstić information content (AvgIpc) is 2.85. The fourth-order valence-corrected chi connectivity index (χ4v) is 3.64. The van der Waals surface area contributed by atoms with Gasteiger partial charge in [-0.3, -0.25) is 14.6 Å². The zero-order valence-electron chi connectivity index (χ0n) is 21.5. The lowest BCUT2D eigenvalue weighted by Gasteiger charge is -2.14. The van der Waals surface area contributed by atoms with Crippen molar-refractivity contribution in [1.82, 2.24) is 15.3 Å². The quantitative estimate of drug-likeness (QED) is 0.262.